The Morgan fingerprint density at radius 3 is 2.69 bits per heavy atom. The van der Waals surface area contributed by atoms with Crippen LogP contribution in [-0.4, -0.2) is 25.5 Å². The quantitative estimate of drug-likeness (QED) is 0.399. The summed E-state index contributed by atoms with van der Waals surface area (Å²) in [6, 6.07) is 9.90. The molecule has 0 saturated heterocycles. The van der Waals surface area contributed by atoms with E-state index < -0.39 is 6.03 Å². The lowest BCUT2D eigenvalue weighted by Gasteiger charge is -2.11. The van der Waals surface area contributed by atoms with Crippen LogP contribution in [-0.2, 0) is 0 Å². The van der Waals surface area contributed by atoms with Crippen LogP contribution in [0.2, 0.25) is 10.0 Å². The first kappa shape index (κ1) is 19.9. The van der Waals surface area contributed by atoms with Crippen molar-refractivity contribution in [1.29, 1.82) is 0 Å². The summed E-state index contributed by atoms with van der Waals surface area (Å²) >= 11 is 12.0. The first-order chi connectivity index (χ1) is 12.5. The highest BCUT2D eigenvalue weighted by Crippen LogP contribution is 2.22. The zero-order valence-electron chi connectivity index (χ0n) is 14.2. The van der Waals surface area contributed by atoms with Crippen LogP contribution in [0.1, 0.15) is 17.5 Å². The number of primary amides is 1. The van der Waals surface area contributed by atoms with E-state index in [4.69, 9.17) is 38.4 Å². The number of hydrazone groups is 1. The Morgan fingerprint density at radius 1 is 1.19 bits per heavy atom. The van der Waals surface area contributed by atoms with E-state index in [9.17, 15) is 4.79 Å². The minimum absolute atomic E-state index is 0.443. The number of nitrogens with zero attached hydrogens (tertiary/aromatic N) is 1. The molecule has 0 unspecified atom stereocenters. The van der Waals surface area contributed by atoms with Crippen molar-refractivity contribution in [3.63, 3.8) is 0 Å². The molecule has 0 aliphatic heterocycles. The van der Waals surface area contributed by atoms with Crippen LogP contribution in [0.5, 0.6) is 11.5 Å². The summed E-state index contributed by atoms with van der Waals surface area (Å²) in [4.78, 5) is 10.7. The van der Waals surface area contributed by atoms with Crippen LogP contribution in [0.4, 0.5) is 4.79 Å². The minimum atomic E-state index is -0.750. The molecule has 0 aliphatic rings. The van der Waals surface area contributed by atoms with Gasteiger partial charge in [-0.3, -0.25) is 0 Å². The smallest absolute Gasteiger partial charge is 0.332 e. The number of halogens is 2. The number of nitrogens with two attached hydrogens (primary N) is 1. The molecule has 0 spiro atoms. The van der Waals surface area contributed by atoms with Gasteiger partial charge in [0.2, 0.25) is 0 Å². The molecule has 0 atom stereocenters. The number of hydrogen-bond acceptors (Lipinski definition) is 4. The Labute approximate surface area is 161 Å². The minimum Gasteiger partial charge on any atom is -0.493 e. The lowest BCUT2D eigenvalue weighted by Crippen LogP contribution is -2.24. The molecule has 2 rings (SSSR count). The van der Waals surface area contributed by atoms with Gasteiger partial charge in [0.1, 0.15) is 11.5 Å². The first-order valence-corrected chi connectivity index (χ1v) is 8.61. The molecule has 0 aliphatic carbocycles. The summed E-state index contributed by atoms with van der Waals surface area (Å²) < 4.78 is 11.4. The van der Waals surface area contributed by atoms with E-state index in [0.717, 1.165) is 11.3 Å². The van der Waals surface area contributed by atoms with Crippen molar-refractivity contribution in [1.82, 2.24) is 5.43 Å². The predicted octanol–water partition coefficient (Wildman–Crippen LogP) is 4.15. The fourth-order valence-electron chi connectivity index (χ4n) is 2.06. The lowest BCUT2D eigenvalue weighted by molar-refractivity contribution is 0.247. The summed E-state index contributed by atoms with van der Waals surface area (Å²) in [5.41, 5.74) is 8.68. The number of rotatable bonds is 8. The van der Waals surface area contributed by atoms with E-state index in [0.29, 0.717) is 41.0 Å². The molecule has 0 heterocycles. The van der Waals surface area contributed by atoms with Gasteiger partial charge in [-0.05, 0) is 48.9 Å². The molecule has 0 fully saturated rings. The summed E-state index contributed by atoms with van der Waals surface area (Å²) in [5, 5.41) is 4.96. The van der Waals surface area contributed by atoms with E-state index in [1.54, 1.807) is 18.2 Å². The van der Waals surface area contributed by atoms with Crippen molar-refractivity contribution in [2.24, 2.45) is 10.8 Å². The fraction of sp³-hybridized carbons (Fsp3) is 0.222. The Morgan fingerprint density at radius 2 is 1.96 bits per heavy atom. The maximum absolute atomic E-state index is 10.7. The standard InChI is InChI=1S/C18H19Cl2N3O3/c1-12-9-15(4-5-16(12)20)25-7-2-8-26-17-6-3-14(19)10-13(17)11-22-23-18(21)24/h3-6,9-11H,2,7-8H2,1H3,(H3,21,23,24)/b22-11-. The molecule has 138 valence electrons. The molecular weight excluding hydrogens is 377 g/mol. The number of aryl methyl sites for hydroxylation is 1. The second kappa shape index (κ2) is 9.89. The van der Waals surface area contributed by atoms with Gasteiger partial charge in [0.05, 0.1) is 19.4 Å². The van der Waals surface area contributed by atoms with Crippen molar-refractivity contribution in [3.05, 3.63) is 57.6 Å². The second-order valence-corrected chi connectivity index (χ2v) is 6.22. The van der Waals surface area contributed by atoms with E-state index in [1.165, 1.54) is 6.21 Å². The van der Waals surface area contributed by atoms with Crippen LogP contribution in [0, 0.1) is 6.92 Å². The molecule has 2 amide bonds. The van der Waals surface area contributed by atoms with Crippen molar-refractivity contribution < 1.29 is 14.3 Å². The van der Waals surface area contributed by atoms with Crippen LogP contribution < -0.4 is 20.6 Å². The third kappa shape index (κ3) is 6.46. The van der Waals surface area contributed by atoms with E-state index >= 15 is 0 Å². The molecule has 0 aromatic heterocycles. The summed E-state index contributed by atoms with van der Waals surface area (Å²) in [6.45, 7) is 2.87. The van der Waals surface area contributed by atoms with Gasteiger partial charge in [-0.15, -0.1) is 0 Å². The lowest BCUT2D eigenvalue weighted by atomic mass is 10.2. The highest BCUT2D eigenvalue weighted by molar-refractivity contribution is 6.31. The summed E-state index contributed by atoms with van der Waals surface area (Å²) in [6.07, 6.45) is 2.10. The van der Waals surface area contributed by atoms with Gasteiger partial charge >= 0.3 is 6.03 Å². The van der Waals surface area contributed by atoms with Crippen molar-refractivity contribution >= 4 is 35.4 Å². The normalized spacial score (nSPS) is 10.7. The van der Waals surface area contributed by atoms with Gasteiger partial charge in [-0.1, -0.05) is 23.2 Å². The highest BCUT2D eigenvalue weighted by Gasteiger charge is 2.04. The Kier molecular flexibility index (Phi) is 7.56. The SMILES string of the molecule is Cc1cc(OCCCOc2ccc(Cl)cc2/C=N\NC(N)=O)ccc1Cl. The van der Waals surface area contributed by atoms with Crippen LogP contribution in [0.25, 0.3) is 0 Å². The molecule has 0 saturated carbocycles. The van der Waals surface area contributed by atoms with Gasteiger partial charge in [0.15, 0.2) is 0 Å². The number of carbonyl (C=O) groups excluding carboxylic acids is 1. The molecule has 2 aromatic rings. The topological polar surface area (TPSA) is 85.9 Å². The number of hydrogen-bond donors (Lipinski definition) is 2. The number of urea groups is 1. The molecule has 26 heavy (non-hydrogen) atoms. The molecule has 0 radical (unpaired) electrons. The molecule has 6 nitrogen and oxygen atoms in total. The van der Waals surface area contributed by atoms with E-state index in [2.05, 4.69) is 10.5 Å². The monoisotopic (exact) mass is 395 g/mol. The second-order valence-electron chi connectivity index (χ2n) is 5.38. The third-order valence-electron chi connectivity index (χ3n) is 3.29. The maximum atomic E-state index is 10.7. The molecule has 0 bridgehead atoms. The average Bonchev–Trinajstić information content (AvgIpc) is 2.59. The number of carbonyl (C=O) groups is 1. The van der Waals surface area contributed by atoms with Crippen molar-refractivity contribution in [2.75, 3.05) is 13.2 Å². The molecule has 8 heteroatoms. The third-order valence-corrected chi connectivity index (χ3v) is 3.95. The van der Waals surface area contributed by atoms with Crippen molar-refractivity contribution in [2.45, 2.75) is 13.3 Å². The first-order valence-electron chi connectivity index (χ1n) is 7.85. The largest absolute Gasteiger partial charge is 0.493 e. The summed E-state index contributed by atoms with van der Waals surface area (Å²) in [7, 11) is 0. The van der Waals surface area contributed by atoms with Crippen LogP contribution in [0.3, 0.4) is 0 Å². The molecule has 3 N–H and O–H groups in total. The van der Waals surface area contributed by atoms with Gasteiger partial charge in [0, 0.05) is 22.0 Å². The average molecular weight is 396 g/mol. The van der Waals surface area contributed by atoms with Crippen LogP contribution in [0.15, 0.2) is 41.5 Å². The number of nitrogens with one attached hydrogen (secondary N) is 1. The Balaban J connectivity index is 1.84. The zero-order chi connectivity index (χ0) is 18.9. The molecular formula is C18H19Cl2N3O3. The Hall–Kier alpha value is -2.44. The number of ether oxygens (including phenoxy) is 2. The van der Waals surface area contributed by atoms with Gasteiger partial charge in [0.25, 0.3) is 0 Å². The number of benzene rings is 2. The highest BCUT2D eigenvalue weighted by atomic mass is 35.5. The Bertz CT molecular complexity index is 797. The van der Waals surface area contributed by atoms with Crippen molar-refractivity contribution in [3.8, 4) is 11.5 Å². The van der Waals surface area contributed by atoms with Gasteiger partial charge in [-0.2, -0.15) is 5.10 Å². The van der Waals surface area contributed by atoms with E-state index in [1.807, 2.05) is 25.1 Å². The van der Waals surface area contributed by atoms with E-state index in [-0.39, 0.29) is 0 Å². The maximum Gasteiger partial charge on any atom is 0.332 e. The summed E-state index contributed by atoms with van der Waals surface area (Å²) in [5.74, 6) is 1.36. The zero-order valence-corrected chi connectivity index (χ0v) is 15.7. The fourth-order valence-corrected chi connectivity index (χ4v) is 2.35. The number of amides is 2. The molecule has 2 aromatic carbocycles. The predicted molar refractivity (Wildman–Crippen MR) is 104 cm³/mol. The van der Waals surface area contributed by atoms with Gasteiger partial charge < -0.3 is 15.2 Å². The van der Waals surface area contributed by atoms with Crippen LogP contribution >= 0.6 is 23.2 Å². The van der Waals surface area contributed by atoms with Gasteiger partial charge in [-0.25, -0.2) is 10.2 Å².